The van der Waals surface area contributed by atoms with Crippen molar-refractivity contribution in [1.82, 2.24) is 5.32 Å². The zero-order chi connectivity index (χ0) is 15.9. The molecule has 1 aliphatic carbocycles. The lowest BCUT2D eigenvalue weighted by atomic mass is 10.1. The standard InChI is InChI=1S/C15H29NO4S/c1-4-16-13(2)7-5-6-10-21(18,19)12-15(8-9-15)11-14(17)20-3/h13,16H,4-12H2,1-3H3. The first kappa shape index (κ1) is 18.4. The van der Waals surface area contributed by atoms with Gasteiger partial charge in [-0.05, 0) is 44.6 Å². The summed E-state index contributed by atoms with van der Waals surface area (Å²) in [4.78, 5) is 11.3. The number of hydrogen-bond donors (Lipinski definition) is 1. The lowest BCUT2D eigenvalue weighted by Crippen LogP contribution is -2.26. The van der Waals surface area contributed by atoms with E-state index in [0.29, 0.717) is 12.5 Å². The number of nitrogens with one attached hydrogen (secondary N) is 1. The second kappa shape index (κ2) is 8.13. The molecule has 0 spiro atoms. The van der Waals surface area contributed by atoms with Gasteiger partial charge in [-0.2, -0.15) is 0 Å². The van der Waals surface area contributed by atoms with Crippen molar-refractivity contribution in [3.8, 4) is 0 Å². The van der Waals surface area contributed by atoms with Crippen LogP contribution in [0.25, 0.3) is 0 Å². The van der Waals surface area contributed by atoms with Crippen LogP contribution in [0, 0.1) is 5.41 Å². The van der Waals surface area contributed by atoms with Crippen LogP contribution in [-0.4, -0.2) is 45.6 Å². The van der Waals surface area contributed by atoms with E-state index in [-0.39, 0.29) is 29.3 Å². The molecule has 0 radical (unpaired) electrons. The number of unbranched alkanes of at least 4 members (excludes halogenated alkanes) is 1. The van der Waals surface area contributed by atoms with Gasteiger partial charge in [0.25, 0.3) is 0 Å². The number of rotatable bonds is 11. The lowest BCUT2D eigenvalue weighted by molar-refractivity contribution is -0.141. The highest BCUT2D eigenvalue weighted by Crippen LogP contribution is 2.50. The summed E-state index contributed by atoms with van der Waals surface area (Å²) in [6, 6.07) is 0.437. The number of esters is 1. The fourth-order valence-electron chi connectivity index (χ4n) is 2.69. The van der Waals surface area contributed by atoms with Crippen LogP contribution < -0.4 is 5.32 Å². The van der Waals surface area contributed by atoms with Crippen molar-refractivity contribution in [2.75, 3.05) is 25.2 Å². The Morgan fingerprint density at radius 1 is 1.33 bits per heavy atom. The number of ether oxygens (including phenoxy) is 1. The van der Waals surface area contributed by atoms with Gasteiger partial charge in [0.2, 0.25) is 0 Å². The first-order valence-electron chi connectivity index (χ1n) is 7.83. The highest BCUT2D eigenvalue weighted by atomic mass is 32.2. The number of methoxy groups -OCH3 is 1. The maximum absolute atomic E-state index is 12.2. The van der Waals surface area contributed by atoms with Crippen molar-refractivity contribution in [2.24, 2.45) is 5.41 Å². The van der Waals surface area contributed by atoms with Crippen molar-refractivity contribution in [3.05, 3.63) is 0 Å². The third-order valence-electron chi connectivity index (χ3n) is 4.13. The lowest BCUT2D eigenvalue weighted by Gasteiger charge is -2.15. The summed E-state index contributed by atoms with van der Waals surface area (Å²) in [7, 11) is -1.72. The fourth-order valence-corrected chi connectivity index (χ4v) is 4.80. The molecule has 0 aromatic rings. The first-order valence-corrected chi connectivity index (χ1v) is 9.65. The minimum atomic E-state index is -3.07. The van der Waals surface area contributed by atoms with Crippen molar-refractivity contribution in [1.29, 1.82) is 0 Å². The number of sulfone groups is 1. The van der Waals surface area contributed by atoms with Gasteiger partial charge in [0.15, 0.2) is 9.84 Å². The molecule has 21 heavy (non-hydrogen) atoms. The normalized spacial score (nSPS) is 18.2. The molecule has 0 aromatic heterocycles. The maximum Gasteiger partial charge on any atom is 0.306 e. The molecule has 1 fully saturated rings. The Morgan fingerprint density at radius 3 is 2.52 bits per heavy atom. The molecule has 1 aliphatic rings. The van der Waals surface area contributed by atoms with Crippen LogP contribution in [0.1, 0.15) is 52.4 Å². The summed E-state index contributed by atoms with van der Waals surface area (Å²) in [5.41, 5.74) is -0.330. The van der Waals surface area contributed by atoms with E-state index in [2.05, 4.69) is 23.9 Å². The van der Waals surface area contributed by atoms with Gasteiger partial charge < -0.3 is 10.1 Å². The minimum absolute atomic E-state index is 0.137. The molecular weight excluding hydrogens is 290 g/mol. The molecule has 1 unspecified atom stereocenters. The largest absolute Gasteiger partial charge is 0.469 e. The molecule has 1 saturated carbocycles. The van der Waals surface area contributed by atoms with E-state index in [4.69, 9.17) is 0 Å². The minimum Gasteiger partial charge on any atom is -0.469 e. The number of carbonyl (C=O) groups excluding carboxylic acids is 1. The summed E-state index contributed by atoms with van der Waals surface area (Å²) in [6.45, 7) is 5.13. The predicted molar refractivity (Wildman–Crippen MR) is 83.9 cm³/mol. The Kier molecular flexibility index (Phi) is 7.13. The van der Waals surface area contributed by atoms with Gasteiger partial charge in [-0.15, -0.1) is 0 Å². The summed E-state index contributed by atoms with van der Waals surface area (Å²) in [5, 5.41) is 3.32. The molecule has 0 heterocycles. The van der Waals surface area contributed by atoms with Gasteiger partial charge in [0, 0.05) is 6.04 Å². The summed E-state index contributed by atoms with van der Waals surface area (Å²) in [6.07, 6.45) is 4.48. The van der Waals surface area contributed by atoms with Crippen LogP contribution in [0.5, 0.6) is 0 Å². The summed E-state index contributed by atoms with van der Waals surface area (Å²) < 4.78 is 29.0. The van der Waals surface area contributed by atoms with Gasteiger partial charge in [0.1, 0.15) is 0 Å². The van der Waals surface area contributed by atoms with E-state index < -0.39 is 9.84 Å². The van der Waals surface area contributed by atoms with Crippen molar-refractivity contribution < 1.29 is 17.9 Å². The molecule has 6 heteroatoms. The summed E-state index contributed by atoms with van der Waals surface area (Å²) >= 11 is 0. The van der Waals surface area contributed by atoms with E-state index in [0.717, 1.165) is 32.2 Å². The Balaban J connectivity index is 2.29. The second-order valence-corrected chi connectivity index (χ2v) is 8.48. The van der Waals surface area contributed by atoms with Crippen LogP contribution in [0.2, 0.25) is 0 Å². The fraction of sp³-hybridized carbons (Fsp3) is 0.933. The molecule has 0 bridgehead atoms. The van der Waals surface area contributed by atoms with E-state index in [1.165, 1.54) is 7.11 Å². The highest BCUT2D eigenvalue weighted by Gasteiger charge is 2.47. The zero-order valence-electron chi connectivity index (χ0n) is 13.5. The maximum atomic E-state index is 12.2. The number of carbonyl (C=O) groups is 1. The van der Waals surface area contributed by atoms with E-state index >= 15 is 0 Å². The average Bonchev–Trinajstić information content (AvgIpc) is 3.13. The SMILES string of the molecule is CCNC(C)CCCCS(=O)(=O)CC1(CC(=O)OC)CC1. The number of hydrogen-bond acceptors (Lipinski definition) is 5. The van der Waals surface area contributed by atoms with Gasteiger partial charge in [-0.3, -0.25) is 4.79 Å². The molecule has 0 aromatic carbocycles. The van der Waals surface area contributed by atoms with Crippen LogP contribution in [0.4, 0.5) is 0 Å². The van der Waals surface area contributed by atoms with Gasteiger partial charge >= 0.3 is 5.97 Å². The van der Waals surface area contributed by atoms with Gasteiger partial charge in [0.05, 0.1) is 25.0 Å². The molecular formula is C15H29NO4S. The smallest absolute Gasteiger partial charge is 0.306 e. The van der Waals surface area contributed by atoms with Crippen LogP contribution in [0.3, 0.4) is 0 Å². The van der Waals surface area contributed by atoms with E-state index in [9.17, 15) is 13.2 Å². The molecule has 1 atom stereocenters. The Hall–Kier alpha value is -0.620. The quantitative estimate of drug-likeness (QED) is 0.465. The Morgan fingerprint density at radius 2 is 2.00 bits per heavy atom. The molecule has 124 valence electrons. The predicted octanol–water partition coefficient (Wildman–Crippen LogP) is 1.91. The van der Waals surface area contributed by atoms with Gasteiger partial charge in [-0.1, -0.05) is 13.3 Å². The van der Waals surface area contributed by atoms with Crippen molar-refractivity contribution in [2.45, 2.75) is 58.4 Å². The van der Waals surface area contributed by atoms with E-state index in [1.54, 1.807) is 0 Å². The molecule has 0 saturated heterocycles. The van der Waals surface area contributed by atoms with E-state index in [1.807, 2.05) is 0 Å². The Bertz CT molecular complexity index is 429. The third-order valence-corrected chi connectivity index (χ3v) is 6.09. The first-order chi connectivity index (χ1) is 9.82. The molecule has 0 aliphatic heterocycles. The van der Waals surface area contributed by atoms with Crippen molar-refractivity contribution >= 4 is 15.8 Å². The van der Waals surface area contributed by atoms with Crippen LogP contribution in [0.15, 0.2) is 0 Å². The Labute approximate surface area is 128 Å². The average molecular weight is 319 g/mol. The molecule has 5 nitrogen and oxygen atoms in total. The van der Waals surface area contributed by atoms with Crippen LogP contribution >= 0.6 is 0 Å². The molecule has 1 N–H and O–H groups in total. The topological polar surface area (TPSA) is 72.5 Å². The second-order valence-electron chi connectivity index (χ2n) is 6.30. The highest BCUT2D eigenvalue weighted by molar-refractivity contribution is 7.91. The molecule has 0 amide bonds. The van der Waals surface area contributed by atoms with Crippen molar-refractivity contribution in [3.63, 3.8) is 0 Å². The van der Waals surface area contributed by atoms with Crippen LogP contribution in [-0.2, 0) is 19.4 Å². The third kappa shape index (κ3) is 7.27. The molecule has 1 rings (SSSR count). The zero-order valence-corrected chi connectivity index (χ0v) is 14.3. The monoisotopic (exact) mass is 319 g/mol. The summed E-state index contributed by atoms with van der Waals surface area (Å²) in [5.74, 6) is 0.0641. The van der Waals surface area contributed by atoms with Gasteiger partial charge in [-0.25, -0.2) is 8.42 Å².